The number of rotatable bonds is 1. The van der Waals surface area contributed by atoms with Crippen LogP contribution in [0, 0.1) is 0 Å². The highest BCUT2D eigenvalue weighted by atomic mass is 16.3. The van der Waals surface area contributed by atoms with Gasteiger partial charge in [0.15, 0.2) is 0 Å². The second-order valence-corrected chi connectivity index (χ2v) is 5.62. The van der Waals surface area contributed by atoms with Crippen LogP contribution in [-0.4, -0.2) is 54.4 Å². The number of hydrogen-bond donors (Lipinski definition) is 3. The Bertz CT molecular complexity index is 240. The van der Waals surface area contributed by atoms with E-state index in [1.165, 1.54) is 0 Å². The van der Waals surface area contributed by atoms with Gasteiger partial charge in [0.2, 0.25) is 0 Å². The standard InChI is InChI=1S/C12H25N3O/c1-15-8-3-5-12(16,6-9-15)11(13)4-2-7-14-10-11/h14,16H,2-10,13H2,1H3. The van der Waals surface area contributed by atoms with Gasteiger partial charge in [-0.3, -0.25) is 0 Å². The molecule has 2 fully saturated rings. The fourth-order valence-electron chi connectivity index (χ4n) is 3.08. The zero-order valence-electron chi connectivity index (χ0n) is 10.3. The molecule has 0 aliphatic carbocycles. The van der Waals surface area contributed by atoms with Crippen LogP contribution in [0.4, 0.5) is 0 Å². The number of nitrogens with one attached hydrogen (secondary N) is 1. The zero-order chi connectivity index (χ0) is 11.6. The molecular weight excluding hydrogens is 202 g/mol. The fourth-order valence-corrected chi connectivity index (χ4v) is 3.08. The third-order valence-corrected chi connectivity index (χ3v) is 4.38. The number of nitrogens with zero attached hydrogens (tertiary/aromatic N) is 1. The van der Waals surface area contributed by atoms with Crippen molar-refractivity contribution in [3.05, 3.63) is 0 Å². The molecule has 2 unspecified atom stereocenters. The Hall–Kier alpha value is -0.160. The van der Waals surface area contributed by atoms with Crippen molar-refractivity contribution in [1.82, 2.24) is 10.2 Å². The Balaban J connectivity index is 2.09. The third kappa shape index (κ3) is 2.25. The van der Waals surface area contributed by atoms with E-state index in [1.54, 1.807) is 0 Å². The van der Waals surface area contributed by atoms with Crippen LogP contribution in [0.3, 0.4) is 0 Å². The van der Waals surface area contributed by atoms with Crippen molar-refractivity contribution in [3.63, 3.8) is 0 Å². The van der Waals surface area contributed by atoms with Gasteiger partial charge in [0.05, 0.1) is 11.1 Å². The highest BCUT2D eigenvalue weighted by Gasteiger charge is 2.47. The molecule has 2 rings (SSSR count). The van der Waals surface area contributed by atoms with Gasteiger partial charge < -0.3 is 21.1 Å². The highest BCUT2D eigenvalue weighted by Crippen LogP contribution is 2.35. The van der Waals surface area contributed by atoms with E-state index in [4.69, 9.17) is 5.73 Å². The normalized spacial score (nSPS) is 42.9. The Morgan fingerprint density at radius 2 is 2.00 bits per heavy atom. The maximum Gasteiger partial charge on any atom is 0.0851 e. The Morgan fingerprint density at radius 1 is 1.19 bits per heavy atom. The maximum absolute atomic E-state index is 10.9. The molecule has 94 valence electrons. The summed E-state index contributed by atoms with van der Waals surface area (Å²) < 4.78 is 0. The molecule has 4 nitrogen and oxygen atoms in total. The molecule has 2 saturated heterocycles. The average Bonchev–Trinajstić information content (AvgIpc) is 2.43. The minimum atomic E-state index is -0.675. The Labute approximate surface area is 98.2 Å². The van der Waals surface area contributed by atoms with Crippen LogP contribution in [0.1, 0.15) is 32.1 Å². The summed E-state index contributed by atoms with van der Waals surface area (Å²) in [6, 6.07) is 0. The average molecular weight is 227 g/mol. The van der Waals surface area contributed by atoms with Crippen molar-refractivity contribution >= 4 is 0 Å². The minimum Gasteiger partial charge on any atom is -0.388 e. The molecule has 0 spiro atoms. The van der Waals surface area contributed by atoms with Crippen molar-refractivity contribution in [2.45, 2.75) is 43.2 Å². The van der Waals surface area contributed by atoms with Gasteiger partial charge >= 0.3 is 0 Å². The van der Waals surface area contributed by atoms with Crippen LogP contribution in [0.5, 0.6) is 0 Å². The molecule has 4 heteroatoms. The van der Waals surface area contributed by atoms with Crippen LogP contribution in [0.2, 0.25) is 0 Å². The SMILES string of the molecule is CN1CCCC(O)(C2(N)CCCNC2)CC1. The first-order valence-electron chi connectivity index (χ1n) is 6.46. The van der Waals surface area contributed by atoms with Crippen LogP contribution in [0.15, 0.2) is 0 Å². The summed E-state index contributed by atoms with van der Waals surface area (Å²) in [5.41, 5.74) is 5.36. The molecule has 4 N–H and O–H groups in total. The lowest BCUT2D eigenvalue weighted by atomic mass is 9.71. The van der Waals surface area contributed by atoms with E-state index in [1.807, 2.05) is 0 Å². The van der Waals surface area contributed by atoms with E-state index in [0.717, 1.165) is 58.3 Å². The first kappa shape index (κ1) is 12.3. The first-order chi connectivity index (χ1) is 7.56. The van der Waals surface area contributed by atoms with Gasteiger partial charge in [-0.1, -0.05) is 0 Å². The molecule has 2 atom stereocenters. The van der Waals surface area contributed by atoms with Gasteiger partial charge in [-0.05, 0) is 52.2 Å². The molecule has 16 heavy (non-hydrogen) atoms. The molecule has 0 aromatic rings. The van der Waals surface area contributed by atoms with E-state index in [9.17, 15) is 5.11 Å². The zero-order valence-corrected chi connectivity index (χ0v) is 10.3. The van der Waals surface area contributed by atoms with E-state index < -0.39 is 11.1 Å². The summed E-state index contributed by atoms with van der Waals surface area (Å²) in [6.45, 7) is 3.82. The van der Waals surface area contributed by atoms with E-state index >= 15 is 0 Å². The van der Waals surface area contributed by atoms with E-state index in [2.05, 4.69) is 17.3 Å². The molecule has 2 aliphatic heterocycles. The number of likely N-dealkylation sites (tertiary alicyclic amines) is 1. The second kappa shape index (κ2) is 4.61. The summed E-state index contributed by atoms with van der Waals surface area (Å²) >= 11 is 0. The van der Waals surface area contributed by atoms with Crippen LogP contribution in [0.25, 0.3) is 0 Å². The Kier molecular flexibility index (Phi) is 3.54. The molecular formula is C12H25N3O. The molecule has 0 radical (unpaired) electrons. The van der Waals surface area contributed by atoms with Gasteiger partial charge in [0.25, 0.3) is 0 Å². The van der Waals surface area contributed by atoms with Crippen molar-refractivity contribution in [2.75, 3.05) is 33.2 Å². The summed E-state index contributed by atoms with van der Waals surface area (Å²) in [6.07, 6.45) is 4.72. The van der Waals surface area contributed by atoms with E-state index in [-0.39, 0.29) is 0 Å². The predicted molar refractivity (Wildman–Crippen MR) is 65.3 cm³/mol. The number of aliphatic hydroxyl groups is 1. The third-order valence-electron chi connectivity index (χ3n) is 4.38. The number of nitrogens with two attached hydrogens (primary N) is 1. The molecule has 2 aliphatic rings. The summed E-state index contributed by atoms with van der Waals surface area (Å²) in [5.74, 6) is 0. The smallest absolute Gasteiger partial charge is 0.0851 e. The molecule has 0 bridgehead atoms. The van der Waals surface area contributed by atoms with Gasteiger partial charge in [0, 0.05) is 13.1 Å². The lowest BCUT2D eigenvalue weighted by Crippen LogP contribution is -2.67. The van der Waals surface area contributed by atoms with Crippen LogP contribution in [-0.2, 0) is 0 Å². The summed E-state index contributed by atoms with van der Waals surface area (Å²) in [7, 11) is 2.12. The molecule has 0 saturated carbocycles. The topological polar surface area (TPSA) is 61.5 Å². The van der Waals surface area contributed by atoms with Gasteiger partial charge in [-0.15, -0.1) is 0 Å². The Morgan fingerprint density at radius 3 is 2.69 bits per heavy atom. The van der Waals surface area contributed by atoms with Crippen molar-refractivity contribution in [1.29, 1.82) is 0 Å². The largest absolute Gasteiger partial charge is 0.388 e. The van der Waals surface area contributed by atoms with E-state index in [0.29, 0.717) is 0 Å². The highest BCUT2D eigenvalue weighted by molar-refractivity contribution is 5.07. The number of hydrogen-bond acceptors (Lipinski definition) is 4. The van der Waals surface area contributed by atoms with Crippen LogP contribution >= 0.6 is 0 Å². The maximum atomic E-state index is 10.9. The summed E-state index contributed by atoms with van der Waals surface area (Å²) in [5, 5.41) is 14.2. The van der Waals surface area contributed by atoms with Gasteiger partial charge in [0.1, 0.15) is 0 Å². The van der Waals surface area contributed by atoms with Gasteiger partial charge in [-0.25, -0.2) is 0 Å². The monoisotopic (exact) mass is 227 g/mol. The summed E-state index contributed by atoms with van der Waals surface area (Å²) in [4.78, 5) is 2.29. The fraction of sp³-hybridized carbons (Fsp3) is 1.00. The molecule has 0 aromatic heterocycles. The lowest BCUT2D eigenvalue weighted by molar-refractivity contribution is -0.0563. The lowest BCUT2D eigenvalue weighted by Gasteiger charge is -2.47. The molecule has 0 amide bonds. The molecule has 2 heterocycles. The van der Waals surface area contributed by atoms with Crippen molar-refractivity contribution in [2.24, 2.45) is 5.73 Å². The quantitative estimate of drug-likeness (QED) is 0.586. The first-order valence-corrected chi connectivity index (χ1v) is 6.46. The number of piperidine rings is 1. The molecule has 0 aromatic carbocycles. The van der Waals surface area contributed by atoms with Crippen molar-refractivity contribution < 1.29 is 5.11 Å². The van der Waals surface area contributed by atoms with Crippen molar-refractivity contribution in [3.8, 4) is 0 Å². The van der Waals surface area contributed by atoms with Crippen LogP contribution < -0.4 is 11.1 Å². The second-order valence-electron chi connectivity index (χ2n) is 5.62. The predicted octanol–water partition coefficient (Wildman–Crippen LogP) is -0.0859. The van der Waals surface area contributed by atoms with Gasteiger partial charge in [-0.2, -0.15) is 0 Å². The minimum absolute atomic E-state index is 0.420.